The molecule has 1 heterocycles. The Labute approximate surface area is 108 Å². The number of aliphatic hydroxyl groups is 1. The maximum Gasteiger partial charge on any atom is 0.332 e. The second-order valence-corrected chi connectivity index (χ2v) is 4.51. The van der Waals surface area contributed by atoms with E-state index in [1.807, 2.05) is 0 Å². The monoisotopic (exact) mass is 273 g/mol. The Hall–Kier alpha value is -1.51. The molecule has 0 aliphatic heterocycles. The molecule has 100 valence electrons. The minimum Gasteiger partial charge on any atom is -0.479 e. The lowest BCUT2D eigenvalue weighted by molar-refractivity contribution is -0.146. The molecule has 1 amide bonds. The van der Waals surface area contributed by atoms with E-state index in [1.54, 1.807) is 5.38 Å². The molecule has 1 aromatic rings. The first kappa shape index (κ1) is 14.6. The van der Waals surface area contributed by atoms with Crippen molar-refractivity contribution in [1.29, 1.82) is 0 Å². The van der Waals surface area contributed by atoms with Crippen molar-refractivity contribution in [2.45, 2.75) is 18.9 Å². The number of carbonyl (C=O) groups excluding carboxylic acids is 1. The zero-order valence-corrected chi connectivity index (χ0v) is 10.4. The topological polar surface area (TPSA) is 126 Å². The fraction of sp³-hybridized carbons (Fsp3) is 0.500. The standard InChI is InChI=1S/C10H15N3O4S/c11-3-1-8-13-6(5-18-8)9(15)12-4-2-7(14)10(16)17/h5,7,14H,1-4,11H2,(H,12,15)(H,16,17). The van der Waals surface area contributed by atoms with E-state index in [2.05, 4.69) is 10.3 Å². The lowest BCUT2D eigenvalue weighted by Gasteiger charge is -2.05. The number of amides is 1. The molecule has 0 saturated carbocycles. The first-order valence-electron chi connectivity index (χ1n) is 5.38. The number of nitrogens with one attached hydrogen (secondary N) is 1. The number of rotatable bonds is 7. The van der Waals surface area contributed by atoms with Gasteiger partial charge in [-0.15, -0.1) is 11.3 Å². The highest BCUT2D eigenvalue weighted by atomic mass is 32.1. The van der Waals surface area contributed by atoms with Gasteiger partial charge in [-0.2, -0.15) is 0 Å². The third kappa shape index (κ3) is 4.40. The Morgan fingerprint density at radius 2 is 2.28 bits per heavy atom. The number of thiazole rings is 1. The van der Waals surface area contributed by atoms with Gasteiger partial charge in [0.1, 0.15) is 5.69 Å². The Balaban J connectivity index is 2.38. The maximum atomic E-state index is 11.6. The summed E-state index contributed by atoms with van der Waals surface area (Å²) in [6.07, 6.45) is -0.884. The third-order valence-electron chi connectivity index (χ3n) is 2.13. The van der Waals surface area contributed by atoms with Crippen LogP contribution >= 0.6 is 11.3 Å². The van der Waals surface area contributed by atoms with Crippen LogP contribution in [0.1, 0.15) is 21.9 Å². The van der Waals surface area contributed by atoms with Gasteiger partial charge in [-0.3, -0.25) is 4.79 Å². The molecule has 0 spiro atoms. The van der Waals surface area contributed by atoms with E-state index in [1.165, 1.54) is 11.3 Å². The van der Waals surface area contributed by atoms with Gasteiger partial charge in [-0.05, 0) is 6.54 Å². The summed E-state index contributed by atoms with van der Waals surface area (Å²) >= 11 is 1.35. The number of aliphatic carboxylic acids is 1. The third-order valence-corrected chi connectivity index (χ3v) is 3.04. The second kappa shape index (κ2) is 7.04. The van der Waals surface area contributed by atoms with E-state index in [-0.39, 0.29) is 24.6 Å². The second-order valence-electron chi connectivity index (χ2n) is 3.56. The molecule has 5 N–H and O–H groups in total. The lowest BCUT2D eigenvalue weighted by atomic mass is 10.2. The number of nitrogens with two attached hydrogens (primary N) is 1. The van der Waals surface area contributed by atoms with Gasteiger partial charge < -0.3 is 21.3 Å². The Morgan fingerprint density at radius 1 is 1.56 bits per heavy atom. The summed E-state index contributed by atoms with van der Waals surface area (Å²) in [5.74, 6) is -1.68. The van der Waals surface area contributed by atoms with Crippen molar-refractivity contribution in [1.82, 2.24) is 10.3 Å². The van der Waals surface area contributed by atoms with Crippen molar-refractivity contribution in [3.05, 3.63) is 16.1 Å². The van der Waals surface area contributed by atoms with Crippen LogP contribution in [0.4, 0.5) is 0 Å². The van der Waals surface area contributed by atoms with Crippen molar-refractivity contribution in [2.75, 3.05) is 13.1 Å². The van der Waals surface area contributed by atoms with E-state index in [9.17, 15) is 9.59 Å². The van der Waals surface area contributed by atoms with Gasteiger partial charge in [0, 0.05) is 24.8 Å². The Kier molecular flexibility index (Phi) is 5.69. The molecular formula is C10H15N3O4S. The van der Waals surface area contributed by atoms with Gasteiger partial charge in [0.2, 0.25) is 0 Å². The fourth-order valence-corrected chi connectivity index (χ4v) is 1.98. The first-order valence-corrected chi connectivity index (χ1v) is 6.26. The van der Waals surface area contributed by atoms with Crippen LogP contribution in [0.2, 0.25) is 0 Å². The summed E-state index contributed by atoms with van der Waals surface area (Å²) in [6, 6.07) is 0. The van der Waals surface area contributed by atoms with E-state index < -0.39 is 12.1 Å². The number of aliphatic hydroxyl groups excluding tert-OH is 1. The van der Waals surface area contributed by atoms with Gasteiger partial charge in [0.25, 0.3) is 5.91 Å². The smallest absolute Gasteiger partial charge is 0.332 e. The molecule has 8 heteroatoms. The van der Waals surface area contributed by atoms with Crippen LogP contribution in [0.25, 0.3) is 0 Å². The van der Waals surface area contributed by atoms with Crippen molar-refractivity contribution < 1.29 is 19.8 Å². The van der Waals surface area contributed by atoms with Gasteiger partial charge >= 0.3 is 5.97 Å². The SMILES string of the molecule is NCCc1nc(C(=O)NCCC(O)C(=O)O)cs1. The van der Waals surface area contributed by atoms with Crippen LogP contribution in [0, 0.1) is 0 Å². The van der Waals surface area contributed by atoms with E-state index >= 15 is 0 Å². The predicted molar refractivity (Wildman–Crippen MR) is 65.5 cm³/mol. The molecule has 0 fully saturated rings. The fourth-order valence-electron chi connectivity index (χ4n) is 1.19. The van der Waals surface area contributed by atoms with Gasteiger partial charge in [0.15, 0.2) is 6.10 Å². The van der Waals surface area contributed by atoms with E-state index in [0.29, 0.717) is 13.0 Å². The minimum atomic E-state index is -1.46. The highest BCUT2D eigenvalue weighted by Crippen LogP contribution is 2.09. The average molecular weight is 273 g/mol. The summed E-state index contributed by atoms with van der Waals surface area (Å²) in [6.45, 7) is 0.551. The number of hydrogen-bond acceptors (Lipinski definition) is 6. The summed E-state index contributed by atoms with van der Waals surface area (Å²) in [5, 5.41) is 22.3. The first-order chi connectivity index (χ1) is 8.54. The molecule has 1 unspecified atom stereocenters. The number of nitrogens with zero attached hydrogens (tertiary/aromatic N) is 1. The van der Waals surface area contributed by atoms with Crippen LogP contribution in [-0.4, -0.2) is 46.3 Å². The molecule has 0 aromatic carbocycles. The number of hydrogen-bond donors (Lipinski definition) is 4. The zero-order chi connectivity index (χ0) is 13.5. The molecule has 0 radical (unpaired) electrons. The van der Waals surface area contributed by atoms with Crippen molar-refractivity contribution in [3.8, 4) is 0 Å². The minimum absolute atomic E-state index is 0.0408. The van der Waals surface area contributed by atoms with Gasteiger partial charge in [-0.25, -0.2) is 9.78 Å². The van der Waals surface area contributed by atoms with Crippen molar-refractivity contribution in [3.63, 3.8) is 0 Å². The highest BCUT2D eigenvalue weighted by molar-refractivity contribution is 7.09. The Bertz CT molecular complexity index is 421. The summed E-state index contributed by atoms with van der Waals surface area (Å²) in [5.41, 5.74) is 5.66. The van der Waals surface area contributed by atoms with Crippen LogP contribution in [-0.2, 0) is 11.2 Å². The normalized spacial score (nSPS) is 12.1. The van der Waals surface area contributed by atoms with Crippen LogP contribution in [0.5, 0.6) is 0 Å². The molecule has 1 rings (SSSR count). The number of carbonyl (C=O) groups is 2. The van der Waals surface area contributed by atoms with Crippen molar-refractivity contribution in [2.24, 2.45) is 5.73 Å². The van der Waals surface area contributed by atoms with Crippen LogP contribution < -0.4 is 11.1 Å². The molecule has 0 aliphatic carbocycles. The maximum absolute atomic E-state index is 11.6. The van der Waals surface area contributed by atoms with Crippen molar-refractivity contribution >= 4 is 23.2 Å². The highest BCUT2D eigenvalue weighted by Gasteiger charge is 2.14. The molecule has 0 aliphatic rings. The molecule has 7 nitrogen and oxygen atoms in total. The molecule has 0 bridgehead atoms. The average Bonchev–Trinajstić information content (AvgIpc) is 2.77. The molecule has 18 heavy (non-hydrogen) atoms. The number of aromatic nitrogens is 1. The lowest BCUT2D eigenvalue weighted by Crippen LogP contribution is -2.30. The molecule has 1 atom stereocenters. The van der Waals surface area contributed by atoms with E-state index in [0.717, 1.165) is 5.01 Å². The number of carboxylic acids is 1. The quantitative estimate of drug-likeness (QED) is 0.516. The Morgan fingerprint density at radius 3 is 2.89 bits per heavy atom. The number of carboxylic acid groups (broad SMARTS) is 1. The molecule has 1 aromatic heterocycles. The van der Waals surface area contributed by atoms with Crippen LogP contribution in [0.3, 0.4) is 0 Å². The largest absolute Gasteiger partial charge is 0.479 e. The summed E-state index contributed by atoms with van der Waals surface area (Å²) < 4.78 is 0. The predicted octanol–water partition coefficient (Wildman–Crippen LogP) is -0.790. The summed E-state index contributed by atoms with van der Waals surface area (Å²) in [4.78, 5) is 26.0. The van der Waals surface area contributed by atoms with Gasteiger partial charge in [0.05, 0.1) is 5.01 Å². The molecular weight excluding hydrogens is 258 g/mol. The van der Waals surface area contributed by atoms with Gasteiger partial charge in [-0.1, -0.05) is 0 Å². The molecule has 0 saturated heterocycles. The zero-order valence-electron chi connectivity index (χ0n) is 9.63. The van der Waals surface area contributed by atoms with E-state index in [4.69, 9.17) is 15.9 Å². The van der Waals surface area contributed by atoms with Crippen LogP contribution in [0.15, 0.2) is 5.38 Å². The summed E-state index contributed by atoms with van der Waals surface area (Å²) in [7, 11) is 0.